The van der Waals surface area contributed by atoms with E-state index in [4.69, 9.17) is 14.2 Å². The van der Waals surface area contributed by atoms with Crippen molar-refractivity contribution in [3.05, 3.63) is 29.8 Å². The summed E-state index contributed by atoms with van der Waals surface area (Å²) >= 11 is 0. The summed E-state index contributed by atoms with van der Waals surface area (Å²) in [7, 11) is 1.80. The summed E-state index contributed by atoms with van der Waals surface area (Å²) in [6.45, 7) is 4.93. The average Bonchev–Trinajstić information content (AvgIpc) is 3.27. The maximum Gasteiger partial charge on any atom is 0.191 e. The molecule has 1 saturated heterocycles. The molecule has 2 N–H and O–H groups in total. The van der Waals surface area contributed by atoms with Crippen molar-refractivity contribution in [3.63, 3.8) is 0 Å². The molecule has 6 nitrogen and oxygen atoms in total. The predicted octanol–water partition coefficient (Wildman–Crippen LogP) is 3.51. The molecule has 162 valence electrons. The summed E-state index contributed by atoms with van der Waals surface area (Å²) in [5.74, 6) is 2.46. The van der Waals surface area contributed by atoms with Gasteiger partial charge in [-0.1, -0.05) is 18.2 Å². The monoisotopic (exact) mass is 403 g/mol. The summed E-state index contributed by atoms with van der Waals surface area (Å²) in [5, 5.41) is 6.77. The molecule has 1 saturated carbocycles. The number of guanidine groups is 1. The fraction of sp³-hybridized carbons (Fsp3) is 0.696. The van der Waals surface area contributed by atoms with E-state index in [9.17, 15) is 0 Å². The number of nitrogens with zero attached hydrogens (tertiary/aromatic N) is 1. The van der Waals surface area contributed by atoms with Crippen molar-refractivity contribution >= 4 is 5.96 Å². The lowest BCUT2D eigenvalue weighted by molar-refractivity contribution is 0.0203. The van der Waals surface area contributed by atoms with Crippen LogP contribution in [-0.4, -0.2) is 52.1 Å². The van der Waals surface area contributed by atoms with Gasteiger partial charge in [-0.2, -0.15) is 0 Å². The third-order valence-corrected chi connectivity index (χ3v) is 5.69. The molecule has 0 unspecified atom stereocenters. The summed E-state index contributed by atoms with van der Waals surface area (Å²) in [6, 6.07) is 8.29. The van der Waals surface area contributed by atoms with Crippen LogP contribution in [0.25, 0.3) is 0 Å². The zero-order valence-corrected chi connectivity index (χ0v) is 17.8. The van der Waals surface area contributed by atoms with E-state index in [1.807, 2.05) is 6.07 Å². The van der Waals surface area contributed by atoms with Crippen LogP contribution in [0.5, 0.6) is 5.75 Å². The second-order valence-corrected chi connectivity index (χ2v) is 7.97. The van der Waals surface area contributed by atoms with Gasteiger partial charge in [0.2, 0.25) is 0 Å². The number of aliphatic imine (C=N–C) groups is 1. The molecular weight excluding hydrogens is 366 g/mol. The number of rotatable bonds is 10. The summed E-state index contributed by atoms with van der Waals surface area (Å²) in [6.07, 6.45) is 8.48. The molecule has 1 aliphatic carbocycles. The maximum absolute atomic E-state index is 6.22. The van der Waals surface area contributed by atoms with E-state index >= 15 is 0 Å². The van der Waals surface area contributed by atoms with Gasteiger partial charge in [0.05, 0.1) is 6.10 Å². The third-order valence-electron chi connectivity index (χ3n) is 5.69. The number of hydrogen-bond acceptors (Lipinski definition) is 4. The molecule has 0 radical (unpaired) electrons. The summed E-state index contributed by atoms with van der Waals surface area (Å²) in [4.78, 5) is 4.33. The highest BCUT2D eigenvalue weighted by Gasteiger charge is 2.18. The molecule has 0 bridgehead atoms. The van der Waals surface area contributed by atoms with E-state index in [2.05, 4.69) is 33.8 Å². The highest BCUT2D eigenvalue weighted by molar-refractivity contribution is 5.79. The van der Waals surface area contributed by atoms with Crippen molar-refractivity contribution < 1.29 is 14.2 Å². The molecule has 0 amide bonds. The Morgan fingerprint density at radius 1 is 1.10 bits per heavy atom. The first kappa shape index (κ1) is 21.9. The lowest BCUT2D eigenvalue weighted by Crippen LogP contribution is -2.37. The third kappa shape index (κ3) is 7.86. The average molecular weight is 404 g/mol. The van der Waals surface area contributed by atoms with Crippen molar-refractivity contribution in [2.24, 2.45) is 10.9 Å². The fourth-order valence-electron chi connectivity index (χ4n) is 3.89. The number of nitrogens with one attached hydrogen (secondary N) is 2. The molecule has 0 spiro atoms. The van der Waals surface area contributed by atoms with Crippen LogP contribution < -0.4 is 15.4 Å². The van der Waals surface area contributed by atoms with Gasteiger partial charge in [0.25, 0.3) is 0 Å². The van der Waals surface area contributed by atoms with Crippen LogP contribution in [0.3, 0.4) is 0 Å². The van der Waals surface area contributed by atoms with Crippen molar-refractivity contribution in [2.75, 3.05) is 40.0 Å². The minimum absolute atomic E-state index is 0.370. The largest absolute Gasteiger partial charge is 0.490 e. The molecule has 1 aliphatic heterocycles. The lowest BCUT2D eigenvalue weighted by atomic mass is 10.0. The van der Waals surface area contributed by atoms with Gasteiger partial charge in [0.1, 0.15) is 5.75 Å². The van der Waals surface area contributed by atoms with Gasteiger partial charge in [-0.05, 0) is 56.9 Å². The van der Waals surface area contributed by atoms with Gasteiger partial charge in [-0.15, -0.1) is 0 Å². The van der Waals surface area contributed by atoms with Gasteiger partial charge < -0.3 is 24.8 Å². The Kier molecular flexibility index (Phi) is 9.60. The van der Waals surface area contributed by atoms with Crippen molar-refractivity contribution in [2.45, 2.75) is 57.6 Å². The molecule has 3 rings (SSSR count). The summed E-state index contributed by atoms with van der Waals surface area (Å²) in [5.41, 5.74) is 1.17. The first-order valence-electron chi connectivity index (χ1n) is 11.2. The van der Waals surface area contributed by atoms with Gasteiger partial charge in [0.15, 0.2) is 5.96 Å². The number of para-hydroxylation sites is 1. The van der Waals surface area contributed by atoms with E-state index in [1.165, 1.54) is 31.2 Å². The maximum atomic E-state index is 6.22. The Balaban J connectivity index is 1.32. The van der Waals surface area contributed by atoms with Crippen LogP contribution in [0.2, 0.25) is 0 Å². The SMILES string of the molecule is CN=C(NCCCOCC1CCOCC1)NCc1ccccc1OC1CCCC1. The molecule has 0 aromatic heterocycles. The molecule has 1 heterocycles. The smallest absolute Gasteiger partial charge is 0.191 e. The molecule has 2 fully saturated rings. The van der Waals surface area contributed by atoms with Gasteiger partial charge in [-0.25, -0.2) is 0 Å². The van der Waals surface area contributed by atoms with E-state index in [0.29, 0.717) is 18.6 Å². The lowest BCUT2D eigenvalue weighted by Gasteiger charge is -2.21. The van der Waals surface area contributed by atoms with Crippen LogP contribution in [0.4, 0.5) is 0 Å². The molecule has 1 aromatic carbocycles. The van der Waals surface area contributed by atoms with Gasteiger partial charge in [0, 0.05) is 52.1 Å². The minimum Gasteiger partial charge on any atom is -0.490 e. The van der Waals surface area contributed by atoms with E-state index in [-0.39, 0.29) is 0 Å². The van der Waals surface area contributed by atoms with Crippen molar-refractivity contribution in [3.8, 4) is 5.75 Å². The van der Waals surface area contributed by atoms with Crippen LogP contribution in [0, 0.1) is 5.92 Å². The minimum atomic E-state index is 0.370. The zero-order chi connectivity index (χ0) is 20.2. The number of benzene rings is 1. The Hall–Kier alpha value is -1.79. The van der Waals surface area contributed by atoms with E-state index in [1.54, 1.807) is 7.05 Å². The Morgan fingerprint density at radius 3 is 2.69 bits per heavy atom. The molecular formula is C23H37N3O3. The second-order valence-electron chi connectivity index (χ2n) is 7.97. The highest BCUT2D eigenvalue weighted by Crippen LogP contribution is 2.26. The Morgan fingerprint density at radius 2 is 1.90 bits per heavy atom. The second kappa shape index (κ2) is 12.7. The normalized spacial score (nSPS) is 18.7. The van der Waals surface area contributed by atoms with Crippen LogP contribution in [0.15, 0.2) is 29.3 Å². The zero-order valence-electron chi connectivity index (χ0n) is 17.8. The van der Waals surface area contributed by atoms with Crippen LogP contribution >= 0.6 is 0 Å². The number of hydrogen-bond donors (Lipinski definition) is 2. The van der Waals surface area contributed by atoms with Crippen molar-refractivity contribution in [1.29, 1.82) is 0 Å². The molecule has 29 heavy (non-hydrogen) atoms. The van der Waals surface area contributed by atoms with Crippen LogP contribution in [-0.2, 0) is 16.0 Å². The van der Waals surface area contributed by atoms with Gasteiger partial charge in [-0.3, -0.25) is 4.99 Å². The van der Waals surface area contributed by atoms with Crippen molar-refractivity contribution in [1.82, 2.24) is 10.6 Å². The molecule has 6 heteroatoms. The molecule has 2 aliphatic rings. The topological polar surface area (TPSA) is 64.1 Å². The fourth-order valence-corrected chi connectivity index (χ4v) is 3.89. The highest BCUT2D eigenvalue weighted by atomic mass is 16.5. The first-order chi connectivity index (χ1) is 14.3. The molecule has 0 atom stereocenters. The van der Waals surface area contributed by atoms with Gasteiger partial charge >= 0.3 is 0 Å². The van der Waals surface area contributed by atoms with Crippen LogP contribution in [0.1, 0.15) is 50.5 Å². The Labute approximate surface area is 175 Å². The quantitative estimate of drug-likeness (QED) is 0.356. The number of ether oxygens (including phenoxy) is 3. The standard InChI is InChI=1S/C23H37N3O3/c1-24-23(25-13-6-14-28-18-19-11-15-27-16-12-19)26-17-20-7-2-5-10-22(20)29-21-8-3-4-9-21/h2,5,7,10,19,21H,3-4,6,8-9,11-18H2,1H3,(H2,24,25,26). The van der Waals surface area contributed by atoms with E-state index < -0.39 is 0 Å². The summed E-state index contributed by atoms with van der Waals surface area (Å²) < 4.78 is 17.4. The first-order valence-corrected chi connectivity index (χ1v) is 11.2. The predicted molar refractivity (Wildman–Crippen MR) is 117 cm³/mol. The molecule has 1 aromatic rings. The van der Waals surface area contributed by atoms with E-state index in [0.717, 1.165) is 63.9 Å². The Bertz CT molecular complexity index is 611.